The number of alkyl halides is 3. The van der Waals surface area contributed by atoms with E-state index < -0.39 is 24.2 Å². The van der Waals surface area contributed by atoms with Crippen LogP contribution in [0.1, 0.15) is 40.5 Å². The molecule has 0 aromatic heterocycles. The van der Waals surface area contributed by atoms with Crippen molar-refractivity contribution in [1.29, 1.82) is 0 Å². The summed E-state index contributed by atoms with van der Waals surface area (Å²) >= 11 is 0. The Bertz CT molecular complexity index is 307. The van der Waals surface area contributed by atoms with E-state index in [1.165, 1.54) is 6.92 Å². The summed E-state index contributed by atoms with van der Waals surface area (Å²) in [4.78, 5) is 0. The molecule has 3 unspecified atom stereocenters. The number of rotatable bonds is 6. The molecule has 3 nitrogen and oxygen atoms in total. The Balaban J connectivity index is 2.45. The molecule has 1 saturated carbocycles. The molecular formula is C13H25F3N2O. The second-order valence-electron chi connectivity index (χ2n) is 6.13. The third-order valence-electron chi connectivity index (χ3n) is 4.31. The van der Waals surface area contributed by atoms with E-state index in [0.29, 0.717) is 19.6 Å². The van der Waals surface area contributed by atoms with Crippen LogP contribution in [0.2, 0.25) is 0 Å². The summed E-state index contributed by atoms with van der Waals surface area (Å²) < 4.78 is 42.3. The molecule has 0 aliphatic heterocycles. The maximum atomic E-state index is 12.2. The average molecular weight is 282 g/mol. The molecule has 0 amide bonds. The van der Waals surface area contributed by atoms with Crippen molar-refractivity contribution in [1.82, 2.24) is 5.32 Å². The smallest absolute Gasteiger partial charge is 0.378 e. The van der Waals surface area contributed by atoms with Crippen LogP contribution < -0.4 is 11.1 Å². The van der Waals surface area contributed by atoms with Crippen molar-refractivity contribution < 1.29 is 17.9 Å². The lowest BCUT2D eigenvalue weighted by molar-refractivity contribution is -0.153. The Morgan fingerprint density at radius 3 is 2.42 bits per heavy atom. The van der Waals surface area contributed by atoms with Crippen LogP contribution in [0.25, 0.3) is 0 Å². The van der Waals surface area contributed by atoms with Crippen molar-refractivity contribution in [3.05, 3.63) is 0 Å². The molecule has 1 rings (SSSR count). The highest BCUT2D eigenvalue weighted by Gasteiger charge is 2.58. The van der Waals surface area contributed by atoms with Gasteiger partial charge in [-0.15, -0.1) is 0 Å². The van der Waals surface area contributed by atoms with E-state index in [1.54, 1.807) is 0 Å². The standard InChI is InChI=1S/C13H25F3N2O/c1-5-19-10-7-12(17,11(10,3)4)8-18-9(2)6-13(14,15)16/h9-10,18H,5-8,17H2,1-4H3. The van der Waals surface area contributed by atoms with Gasteiger partial charge in [-0.25, -0.2) is 0 Å². The van der Waals surface area contributed by atoms with Crippen molar-refractivity contribution in [2.24, 2.45) is 11.1 Å². The lowest BCUT2D eigenvalue weighted by atomic mass is 9.54. The Kier molecular flexibility index (Phi) is 4.91. The lowest BCUT2D eigenvalue weighted by Gasteiger charge is -2.59. The highest BCUT2D eigenvalue weighted by Crippen LogP contribution is 2.49. The quantitative estimate of drug-likeness (QED) is 0.786. The van der Waals surface area contributed by atoms with E-state index in [4.69, 9.17) is 10.5 Å². The van der Waals surface area contributed by atoms with Crippen molar-refractivity contribution in [3.63, 3.8) is 0 Å². The maximum Gasteiger partial charge on any atom is 0.390 e. The normalized spacial score (nSPS) is 31.9. The van der Waals surface area contributed by atoms with Gasteiger partial charge in [-0.05, 0) is 20.3 Å². The minimum atomic E-state index is -4.14. The second kappa shape index (κ2) is 5.58. The van der Waals surface area contributed by atoms with E-state index in [0.717, 1.165) is 0 Å². The van der Waals surface area contributed by atoms with Gasteiger partial charge < -0.3 is 15.8 Å². The molecule has 114 valence electrons. The maximum absolute atomic E-state index is 12.2. The zero-order valence-electron chi connectivity index (χ0n) is 12.1. The Morgan fingerprint density at radius 2 is 2.00 bits per heavy atom. The summed E-state index contributed by atoms with van der Waals surface area (Å²) in [6.45, 7) is 8.47. The summed E-state index contributed by atoms with van der Waals surface area (Å²) in [5.41, 5.74) is 5.55. The molecule has 0 heterocycles. The second-order valence-corrected chi connectivity index (χ2v) is 6.13. The summed E-state index contributed by atoms with van der Waals surface area (Å²) in [6, 6.07) is -0.623. The third kappa shape index (κ3) is 3.83. The minimum Gasteiger partial charge on any atom is -0.378 e. The van der Waals surface area contributed by atoms with Gasteiger partial charge in [0.1, 0.15) is 0 Å². The van der Waals surface area contributed by atoms with Gasteiger partial charge in [0.2, 0.25) is 0 Å². The Hall–Kier alpha value is -0.330. The summed E-state index contributed by atoms with van der Waals surface area (Å²) in [5.74, 6) is 0. The van der Waals surface area contributed by atoms with Crippen LogP contribution in [0.3, 0.4) is 0 Å². The first kappa shape index (κ1) is 16.7. The first-order valence-corrected chi connectivity index (χ1v) is 6.72. The molecule has 0 spiro atoms. The van der Waals surface area contributed by atoms with Crippen molar-refractivity contribution in [2.75, 3.05) is 13.2 Å². The molecule has 0 aromatic rings. The van der Waals surface area contributed by atoms with Gasteiger partial charge in [0.15, 0.2) is 0 Å². The molecule has 1 fully saturated rings. The van der Waals surface area contributed by atoms with Gasteiger partial charge in [0, 0.05) is 30.1 Å². The van der Waals surface area contributed by atoms with Crippen LogP contribution in [0.15, 0.2) is 0 Å². The summed E-state index contributed by atoms with van der Waals surface area (Å²) in [5, 5.41) is 2.90. The molecule has 3 N–H and O–H groups in total. The van der Waals surface area contributed by atoms with Gasteiger partial charge in [-0.1, -0.05) is 13.8 Å². The molecule has 0 saturated heterocycles. The number of hydrogen-bond donors (Lipinski definition) is 2. The molecule has 0 bridgehead atoms. The zero-order valence-corrected chi connectivity index (χ0v) is 12.1. The first-order valence-electron chi connectivity index (χ1n) is 6.72. The van der Waals surface area contributed by atoms with Crippen LogP contribution in [0, 0.1) is 5.41 Å². The fourth-order valence-corrected chi connectivity index (χ4v) is 2.58. The van der Waals surface area contributed by atoms with Gasteiger partial charge in [0.05, 0.1) is 12.5 Å². The Morgan fingerprint density at radius 1 is 1.42 bits per heavy atom. The highest BCUT2D eigenvalue weighted by molar-refractivity contribution is 5.14. The van der Waals surface area contributed by atoms with Gasteiger partial charge in [0.25, 0.3) is 0 Å². The van der Waals surface area contributed by atoms with Crippen molar-refractivity contribution in [3.8, 4) is 0 Å². The molecule has 6 heteroatoms. The SMILES string of the molecule is CCOC1CC(N)(CNC(C)CC(F)(F)F)C1(C)C. The molecule has 19 heavy (non-hydrogen) atoms. The highest BCUT2D eigenvalue weighted by atomic mass is 19.4. The van der Waals surface area contributed by atoms with Gasteiger partial charge in [-0.3, -0.25) is 0 Å². The van der Waals surface area contributed by atoms with Crippen LogP contribution in [-0.2, 0) is 4.74 Å². The Labute approximate surface area is 113 Å². The largest absolute Gasteiger partial charge is 0.390 e. The van der Waals surface area contributed by atoms with Crippen LogP contribution >= 0.6 is 0 Å². The number of nitrogens with two attached hydrogens (primary N) is 1. The fraction of sp³-hybridized carbons (Fsp3) is 1.00. The van der Waals surface area contributed by atoms with E-state index in [2.05, 4.69) is 5.32 Å². The van der Waals surface area contributed by atoms with Crippen molar-refractivity contribution in [2.45, 2.75) is 64.4 Å². The predicted molar refractivity (Wildman–Crippen MR) is 68.9 cm³/mol. The average Bonchev–Trinajstić information content (AvgIpc) is 2.24. The van der Waals surface area contributed by atoms with Gasteiger partial charge in [-0.2, -0.15) is 13.2 Å². The van der Waals surface area contributed by atoms with Crippen LogP contribution in [0.4, 0.5) is 13.2 Å². The number of ether oxygens (including phenoxy) is 1. The third-order valence-corrected chi connectivity index (χ3v) is 4.31. The summed E-state index contributed by atoms with van der Waals surface area (Å²) in [7, 11) is 0. The molecule has 0 radical (unpaired) electrons. The molecule has 1 aliphatic carbocycles. The molecule has 0 aromatic carbocycles. The number of halogens is 3. The summed E-state index contributed by atoms with van der Waals surface area (Å²) in [6.07, 6.45) is -4.21. The van der Waals surface area contributed by atoms with E-state index >= 15 is 0 Å². The van der Waals surface area contributed by atoms with Crippen molar-refractivity contribution >= 4 is 0 Å². The van der Waals surface area contributed by atoms with E-state index in [9.17, 15) is 13.2 Å². The van der Waals surface area contributed by atoms with Gasteiger partial charge >= 0.3 is 6.18 Å². The first-order chi connectivity index (χ1) is 8.52. The van der Waals surface area contributed by atoms with E-state index in [1.807, 2.05) is 20.8 Å². The molecule has 1 aliphatic rings. The zero-order chi connectivity index (χ0) is 14.9. The van der Waals surface area contributed by atoms with Crippen LogP contribution in [-0.4, -0.2) is 37.0 Å². The molecule has 3 atom stereocenters. The van der Waals surface area contributed by atoms with E-state index in [-0.39, 0.29) is 11.5 Å². The number of hydrogen-bond acceptors (Lipinski definition) is 3. The monoisotopic (exact) mass is 282 g/mol. The fourth-order valence-electron chi connectivity index (χ4n) is 2.58. The minimum absolute atomic E-state index is 0.0854. The topological polar surface area (TPSA) is 47.3 Å². The lowest BCUT2D eigenvalue weighted by Crippen LogP contribution is -2.73. The number of nitrogens with one attached hydrogen (secondary N) is 1. The predicted octanol–water partition coefficient (Wildman–Crippen LogP) is 2.45. The van der Waals surface area contributed by atoms with Crippen LogP contribution in [0.5, 0.6) is 0 Å². The molecular weight excluding hydrogens is 257 g/mol.